The van der Waals surface area contributed by atoms with Gasteiger partial charge in [0.25, 0.3) is 5.92 Å². The Bertz CT molecular complexity index is 606. The van der Waals surface area contributed by atoms with Crippen molar-refractivity contribution in [1.82, 2.24) is 10.0 Å². The number of hydrogen-bond acceptors (Lipinski definition) is 4. The largest absolute Gasteiger partial charge is 0.350 e. The molecule has 10 heteroatoms. The molecule has 1 amide bonds. The summed E-state index contributed by atoms with van der Waals surface area (Å²) in [5, 5.41) is 1.95. The van der Waals surface area contributed by atoms with Crippen LogP contribution in [0.5, 0.6) is 0 Å². The number of carbonyl (C=O) groups is 1. The minimum atomic E-state index is -3.89. The van der Waals surface area contributed by atoms with Gasteiger partial charge in [0.15, 0.2) is 0 Å². The Kier molecular flexibility index (Phi) is 6.33. The zero-order chi connectivity index (χ0) is 16.8. The average molecular weight is 339 g/mol. The molecule has 1 aromatic carbocycles. The average Bonchev–Trinajstić information content (AvgIpc) is 2.45. The van der Waals surface area contributed by atoms with E-state index >= 15 is 0 Å². The third kappa shape index (κ3) is 6.00. The summed E-state index contributed by atoms with van der Waals surface area (Å²) in [6.45, 7) is -2.09. The summed E-state index contributed by atoms with van der Waals surface area (Å²) in [5.41, 5.74) is 4.81. The fourth-order valence-corrected chi connectivity index (χ4v) is 2.42. The Labute approximate surface area is 125 Å². The fourth-order valence-electron chi connectivity index (χ4n) is 1.38. The van der Waals surface area contributed by atoms with Crippen molar-refractivity contribution in [1.29, 1.82) is 0 Å². The van der Waals surface area contributed by atoms with Crippen LogP contribution in [-0.2, 0) is 14.8 Å². The van der Waals surface area contributed by atoms with E-state index in [-0.39, 0.29) is 17.9 Å². The van der Waals surface area contributed by atoms with Gasteiger partial charge in [0, 0.05) is 13.0 Å². The van der Waals surface area contributed by atoms with Crippen molar-refractivity contribution >= 4 is 15.9 Å². The zero-order valence-corrected chi connectivity index (χ0v) is 12.3. The first kappa shape index (κ1) is 18.4. The molecule has 4 N–H and O–H groups in total. The summed E-state index contributed by atoms with van der Waals surface area (Å²) in [4.78, 5) is 11.1. The molecule has 0 unspecified atom stereocenters. The van der Waals surface area contributed by atoms with Crippen molar-refractivity contribution in [3.63, 3.8) is 0 Å². The monoisotopic (exact) mass is 339 g/mol. The highest BCUT2D eigenvalue weighted by Crippen LogP contribution is 2.10. The molecule has 22 heavy (non-hydrogen) atoms. The number of hydrogen-bond donors (Lipinski definition) is 3. The number of nitrogens with two attached hydrogens (primary N) is 1. The van der Waals surface area contributed by atoms with Crippen LogP contribution in [0.15, 0.2) is 29.2 Å². The van der Waals surface area contributed by atoms with Crippen LogP contribution in [0.1, 0.15) is 6.42 Å². The molecule has 0 atom stereocenters. The maximum Gasteiger partial charge on any atom is 0.277 e. The van der Waals surface area contributed by atoms with Gasteiger partial charge in [-0.3, -0.25) is 4.79 Å². The molecule has 6 nitrogen and oxygen atoms in total. The highest BCUT2D eigenvalue weighted by Gasteiger charge is 2.27. The lowest BCUT2D eigenvalue weighted by Gasteiger charge is -2.14. The lowest BCUT2D eigenvalue weighted by Crippen LogP contribution is -2.42. The smallest absolute Gasteiger partial charge is 0.277 e. The van der Waals surface area contributed by atoms with E-state index in [2.05, 4.69) is 4.72 Å². The molecule has 1 aromatic rings. The summed E-state index contributed by atoms with van der Waals surface area (Å²) in [5.74, 6) is -4.53. The number of rotatable bonds is 8. The fraction of sp³-hybridized carbons (Fsp3) is 0.417. The first-order valence-electron chi connectivity index (χ1n) is 6.26. The highest BCUT2D eigenvalue weighted by molar-refractivity contribution is 7.89. The van der Waals surface area contributed by atoms with Gasteiger partial charge in [0.05, 0.1) is 18.0 Å². The summed E-state index contributed by atoms with van der Waals surface area (Å²) in [6.07, 6.45) is -0.318. The molecule has 0 fully saturated rings. The lowest BCUT2D eigenvalue weighted by atomic mass is 10.3. The Morgan fingerprint density at radius 3 is 2.36 bits per heavy atom. The third-order valence-electron chi connectivity index (χ3n) is 2.61. The number of alkyl halides is 2. The van der Waals surface area contributed by atoms with Crippen LogP contribution < -0.4 is 15.8 Å². The van der Waals surface area contributed by atoms with E-state index in [1.54, 1.807) is 0 Å². The SMILES string of the molecule is NCC(F)(F)CNC(=O)CCNS(=O)(=O)c1ccc(F)cc1. The molecular weight excluding hydrogens is 323 g/mol. The van der Waals surface area contributed by atoms with E-state index in [9.17, 15) is 26.4 Å². The Morgan fingerprint density at radius 1 is 1.23 bits per heavy atom. The Balaban J connectivity index is 2.43. The van der Waals surface area contributed by atoms with Crippen LogP contribution in [0.3, 0.4) is 0 Å². The Morgan fingerprint density at radius 2 is 1.82 bits per heavy atom. The number of carbonyl (C=O) groups excluding carboxylic acids is 1. The predicted molar refractivity (Wildman–Crippen MR) is 73.2 cm³/mol. The molecule has 0 aliphatic rings. The van der Waals surface area contributed by atoms with Gasteiger partial charge in [-0.25, -0.2) is 26.3 Å². The molecule has 0 heterocycles. The van der Waals surface area contributed by atoms with Crippen LogP contribution in [0.4, 0.5) is 13.2 Å². The van der Waals surface area contributed by atoms with Crippen molar-refractivity contribution < 1.29 is 26.4 Å². The first-order valence-corrected chi connectivity index (χ1v) is 7.74. The molecule has 0 aliphatic carbocycles. The van der Waals surface area contributed by atoms with Gasteiger partial charge in [-0.2, -0.15) is 0 Å². The second kappa shape index (κ2) is 7.56. The number of sulfonamides is 1. The molecule has 0 bridgehead atoms. The molecule has 0 saturated carbocycles. The van der Waals surface area contributed by atoms with E-state index in [0.29, 0.717) is 0 Å². The van der Waals surface area contributed by atoms with Gasteiger partial charge < -0.3 is 11.1 Å². The predicted octanol–water partition coefficient (Wildman–Crippen LogP) is 0.204. The van der Waals surface area contributed by atoms with Crippen LogP contribution in [-0.4, -0.2) is 39.9 Å². The molecule has 0 aromatic heterocycles. The van der Waals surface area contributed by atoms with Crippen molar-refractivity contribution in [2.75, 3.05) is 19.6 Å². The van der Waals surface area contributed by atoms with Gasteiger partial charge in [0.2, 0.25) is 15.9 Å². The maximum absolute atomic E-state index is 12.8. The van der Waals surface area contributed by atoms with Crippen LogP contribution >= 0.6 is 0 Å². The van der Waals surface area contributed by atoms with E-state index in [1.165, 1.54) is 0 Å². The van der Waals surface area contributed by atoms with E-state index in [0.717, 1.165) is 24.3 Å². The van der Waals surface area contributed by atoms with Crippen LogP contribution in [0.2, 0.25) is 0 Å². The topological polar surface area (TPSA) is 101 Å². The molecule has 0 radical (unpaired) electrons. The van der Waals surface area contributed by atoms with Gasteiger partial charge in [-0.1, -0.05) is 0 Å². The van der Waals surface area contributed by atoms with E-state index in [1.807, 2.05) is 5.32 Å². The van der Waals surface area contributed by atoms with Crippen molar-refractivity contribution in [3.05, 3.63) is 30.1 Å². The molecule has 0 saturated heterocycles. The van der Waals surface area contributed by atoms with E-state index in [4.69, 9.17) is 5.73 Å². The molecule has 0 spiro atoms. The molecule has 124 valence electrons. The molecule has 0 aliphatic heterocycles. The second-order valence-electron chi connectivity index (χ2n) is 4.44. The summed E-state index contributed by atoms with van der Waals surface area (Å²) in [7, 11) is -3.89. The number of halogens is 3. The Hall–Kier alpha value is -1.65. The minimum Gasteiger partial charge on any atom is -0.350 e. The van der Waals surface area contributed by atoms with Gasteiger partial charge in [-0.05, 0) is 24.3 Å². The van der Waals surface area contributed by atoms with Crippen molar-refractivity contribution in [3.8, 4) is 0 Å². The van der Waals surface area contributed by atoms with Gasteiger partial charge >= 0.3 is 0 Å². The maximum atomic E-state index is 12.8. The normalized spacial score (nSPS) is 12.2. The number of amides is 1. The van der Waals surface area contributed by atoms with Crippen molar-refractivity contribution in [2.45, 2.75) is 17.2 Å². The van der Waals surface area contributed by atoms with Gasteiger partial charge in [-0.15, -0.1) is 0 Å². The number of benzene rings is 1. The van der Waals surface area contributed by atoms with E-state index < -0.39 is 40.8 Å². The first-order chi connectivity index (χ1) is 10.2. The van der Waals surface area contributed by atoms with Gasteiger partial charge in [0.1, 0.15) is 5.82 Å². The molecule has 1 rings (SSSR count). The highest BCUT2D eigenvalue weighted by atomic mass is 32.2. The quantitative estimate of drug-likeness (QED) is 0.630. The molecular formula is C12H16F3N3O3S. The lowest BCUT2D eigenvalue weighted by molar-refractivity contribution is -0.122. The summed E-state index contributed by atoms with van der Waals surface area (Å²) in [6, 6.07) is 4.10. The second-order valence-corrected chi connectivity index (χ2v) is 6.21. The van der Waals surface area contributed by atoms with Crippen LogP contribution in [0.25, 0.3) is 0 Å². The number of nitrogens with one attached hydrogen (secondary N) is 2. The van der Waals surface area contributed by atoms with Crippen molar-refractivity contribution in [2.24, 2.45) is 5.73 Å². The summed E-state index contributed by atoms with van der Waals surface area (Å²) >= 11 is 0. The van der Waals surface area contributed by atoms with Crippen LogP contribution in [0, 0.1) is 5.82 Å². The standard InChI is InChI=1S/C12H16F3N3O3S/c13-9-1-3-10(4-2-9)22(20,21)18-6-5-11(19)17-8-12(14,15)7-16/h1-4,18H,5-8,16H2,(H,17,19). The minimum absolute atomic E-state index is 0.163. The summed E-state index contributed by atoms with van der Waals surface area (Å²) < 4.78 is 64.0. The third-order valence-corrected chi connectivity index (χ3v) is 4.09. The zero-order valence-electron chi connectivity index (χ0n) is 11.5.